The van der Waals surface area contributed by atoms with Crippen LogP contribution in [0, 0.1) is 0 Å². The standard InChI is InChI=1S/C14H16N4O2/c1-10(2)12-16-6-7-17(12)8-9-18-13-11(20-14(18)19)4-3-5-15-13/h3-7,10H,8-9H2,1-2H3. The number of aryl methyl sites for hydroxylation is 2. The Labute approximate surface area is 115 Å². The Morgan fingerprint density at radius 3 is 2.90 bits per heavy atom. The van der Waals surface area contributed by atoms with Crippen LogP contribution in [-0.4, -0.2) is 19.1 Å². The molecule has 0 saturated heterocycles. The van der Waals surface area contributed by atoms with Gasteiger partial charge in [0.05, 0.1) is 0 Å². The predicted octanol–water partition coefficient (Wildman–Crippen LogP) is 2.01. The van der Waals surface area contributed by atoms with Gasteiger partial charge in [-0.2, -0.15) is 0 Å². The molecule has 6 nitrogen and oxygen atoms in total. The molecule has 104 valence electrons. The summed E-state index contributed by atoms with van der Waals surface area (Å²) >= 11 is 0. The zero-order valence-corrected chi connectivity index (χ0v) is 11.5. The summed E-state index contributed by atoms with van der Waals surface area (Å²) in [4.78, 5) is 20.4. The molecule has 0 spiro atoms. The van der Waals surface area contributed by atoms with E-state index in [1.165, 1.54) is 0 Å². The highest BCUT2D eigenvalue weighted by molar-refractivity contribution is 5.67. The average Bonchev–Trinajstić information content (AvgIpc) is 3.00. The van der Waals surface area contributed by atoms with Crippen LogP contribution in [-0.2, 0) is 13.1 Å². The monoisotopic (exact) mass is 272 g/mol. The molecule has 0 unspecified atom stereocenters. The van der Waals surface area contributed by atoms with Gasteiger partial charge in [0.25, 0.3) is 0 Å². The van der Waals surface area contributed by atoms with Crippen molar-refractivity contribution in [3.05, 3.63) is 47.1 Å². The molecule has 0 radical (unpaired) electrons. The number of pyridine rings is 1. The van der Waals surface area contributed by atoms with Gasteiger partial charge in [-0.05, 0) is 12.1 Å². The van der Waals surface area contributed by atoms with Crippen LogP contribution in [0.25, 0.3) is 11.2 Å². The van der Waals surface area contributed by atoms with Crippen LogP contribution in [0.5, 0.6) is 0 Å². The molecule has 3 rings (SSSR count). The van der Waals surface area contributed by atoms with Gasteiger partial charge in [0.1, 0.15) is 5.82 Å². The van der Waals surface area contributed by atoms with Crippen molar-refractivity contribution in [2.24, 2.45) is 0 Å². The minimum absolute atomic E-state index is 0.348. The third-order valence-electron chi connectivity index (χ3n) is 3.25. The molecule has 20 heavy (non-hydrogen) atoms. The van der Waals surface area contributed by atoms with Crippen molar-refractivity contribution < 1.29 is 4.42 Å². The van der Waals surface area contributed by atoms with E-state index in [9.17, 15) is 4.79 Å². The van der Waals surface area contributed by atoms with Gasteiger partial charge in [-0.15, -0.1) is 0 Å². The second-order valence-electron chi connectivity index (χ2n) is 4.98. The maximum atomic E-state index is 11.8. The van der Waals surface area contributed by atoms with Gasteiger partial charge in [-0.1, -0.05) is 13.8 Å². The molecule has 0 fully saturated rings. The minimum atomic E-state index is -0.370. The summed E-state index contributed by atoms with van der Waals surface area (Å²) in [6, 6.07) is 3.50. The van der Waals surface area contributed by atoms with E-state index in [1.807, 2.05) is 6.20 Å². The SMILES string of the molecule is CC(C)c1nccn1CCn1c(=O)oc2cccnc21. The van der Waals surface area contributed by atoms with E-state index < -0.39 is 0 Å². The maximum absolute atomic E-state index is 11.8. The first-order valence-corrected chi connectivity index (χ1v) is 6.62. The number of rotatable bonds is 4. The summed E-state index contributed by atoms with van der Waals surface area (Å²) < 4.78 is 8.78. The minimum Gasteiger partial charge on any atom is -0.406 e. The Bertz CT molecular complexity index is 782. The normalized spacial score (nSPS) is 11.6. The molecule has 0 atom stereocenters. The number of nitrogens with zero attached hydrogens (tertiary/aromatic N) is 4. The van der Waals surface area contributed by atoms with Gasteiger partial charge >= 0.3 is 5.76 Å². The smallest absolute Gasteiger partial charge is 0.406 e. The summed E-state index contributed by atoms with van der Waals surface area (Å²) in [7, 11) is 0. The van der Waals surface area contributed by atoms with Gasteiger partial charge in [-0.3, -0.25) is 4.57 Å². The predicted molar refractivity (Wildman–Crippen MR) is 74.6 cm³/mol. The second kappa shape index (κ2) is 4.96. The Balaban J connectivity index is 1.89. The third kappa shape index (κ3) is 2.13. The fourth-order valence-electron chi connectivity index (χ4n) is 2.32. The molecule has 6 heteroatoms. The number of imidazole rings is 1. The van der Waals surface area contributed by atoms with Crippen molar-refractivity contribution >= 4 is 11.2 Å². The van der Waals surface area contributed by atoms with Crippen LogP contribution < -0.4 is 5.76 Å². The molecule has 3 heterocycles. The number of fused-ring (bicyclic) bond motifs is 1. The Morgan fingerprint density at radius 2 is 2.10 bits per heavy atom. The molecule has 3 aromatic heterocycles. The van der Waals surface area contributed by atoms with Gasteiger partial charge < -0.3 is 8.98 Å². The van der Waals surface area contributed by atoms with Crippen molar-refractivity contribution in [3.63, 3.8) is 0 Å². The zero-order valence-electron chi connectivity index (χ0n) is 11.5. The van der Waals surface area contributed by atoms with Gasteiger partial charge in [-0.25, -0.2) is 14.8 Å². The van der Waals surface area contributed by atoms with Crippen LogP contribution in [0.2, 0.25) is 0 Å². The topological polar surface area (TPSA) is 65.8 Å². The average molecular weight is 272 g/mol. The van der Waals surface area contributed by atoms with Crippen LogP contribution in [0.15, 0.2) is 39.9 Å². The number of oxazole rings is 1. The quantitative estimate of drug-likeness (QED) is 0.728. The fourth-order valence-corrected chi connectivity index (χ4v) is 2.32. The van der Waals surface area contributed by atoms with E-state index in [0.29, 0.717) is 30.2 Å². The van der Waals surface area contributed by atoms with Crippen molar-refractivity contribution in [2.45, 2.75) is 32.9 Å². The van der Waals surface area contributed by atoms with Crippen molar-refractivity contribution in [2.75, 3.05) is 0 Å². The van der Waals surface area contributed by atoms with Crippen LogP contribution >= 0.6 is 0 Å². The van der Waals surface area contributed by atoms with Crippen molar-refractivity contribution in [1.29, 1.82) is 0 Å². The summed E-state index contributed by atoms with van der Waals surface area (Å²) in [6.07, 6.45) is 5.37. The Morgan fingerprint density at radius 1 is 1.25 bits per heavy atom. The van der Waals surface area contributed by atoms with Gasteiger partial charge in [0.2, 0.25) is 0 Å². The molecule has 0 bridgehead atoms. The maximum Gasteiger partial charge on any atom is 0.421 e. The largest absolute Gasteiger partial charge is 0.421 e. The Kier molecular flexibility index (Phi) is 3.14. The highest BCUT2D eigenvalue weighted by Gasteiger charge is 2.11. The van der Waals surface area contributed by atoms with E-state index in [0.717, 1.165) is 5.82 Å². The lowest BCUT2D eigenvalue weighted by Gasteiger charge is -2.10. The summed E-state index contributed by atoms with van der Waals surface area (Å²) in [6.45, 7) is 5.37. The molecule has 0 aliphatic carbocycles. The lowest BCUT2D eigenvalue weighted by atomic mass is 10.2. The Hall–Kier alpha value is -2.37. The second-order valence-corrected chi connectivity index (χ2v) is 4.98. The highest BCUT2D eigenvalue weighted by Crippen LogP contribution is 2.13. The summed E-state index contributed by atoms with van der Waals surface area (Å²) in [5.41, 5.74) is 1.11. The first-order chi connectivity index (χ1) is 9.66. The molecular formula is C14H16N4O2. The highest BCUT2D eigenvalue weighted by atomic mass is 16.4. The third-order valence-corrected chi connectivity index (χ3v) is 3.25. The van der Waals surface area contributed by atoms with E-state index >= 15 is 0 Å². The van der Waals surface area contributed by atoms with Crippen LogP contribution in [0.1, 0.15) is 25.6 Å². The van der Waals surface area contributed by atoms with E-state index in [4.69, 9.17) is 4.42 Å². The molecule has 3 aromatic rings. The molecule has 0 aromatic carbocycles. The molecule has 0 saturated carbocycles. The van der Waals surface area contributed by atoms with Crippen LogP contribution in [0.3, 0.4) is 0 Å². The molecule has 0 N–H and O–H groups in total. The van der Waals surface area contributed by atoms with Crippen molar-refractivity contribution in [3.8, 4) is 0 Å². The number of hydrogen-bond acceptors (Lipinski definition) is 4. The summed E-state index contributed by atoms with van der Waals surface area (Å²) in [5, 5.41) is 0. The zero-order chi connectivity index (χ0) is 14.1. The lowest BCUT2D eigenvalue weighted by molar-refractivity contribution is 0.476. The molecule has 0 amide bonds. The molecule has 0 aliphatic heterocycles. The summed E-state index contributed by atoms with van der Waals surface area (Å²) in [5.74, 6) is 0.990. The first kappa shape index (κ1) is 12.7. The van der Waals surface area contributed by atoms with Crippen LogP contribution in [0.4, 0.5) is 0 Å². The fraction of sp³-hybridized carbons (Fsp3) is 0.357. The molecule has 0 aliphatic rings. The van der Waals surface area contributed by atoms with E-state index in [1.54, 1.807) is 29.1 Å². The van der Waals surface area contributed by atoms with Gasteiger partial charge in [0.15, 0.2) is 11.2 Å². The van der Waals surface area contributed by atoms with Gasteiger partial charge in [0, 0.05) is 37.6 Å². The van der Waals surface area contributed by atoms with E-state index in [-0.39, 0.29) is 5.76 Å². The number of hydrogen-bond donors (Lipinski definition) is 0. The molecular weight excluding hydrogens is 256 g/mol. The van der Waals surface area contributed by atoms with E-state index in [2.05, 4.69) is 28.4 Å². The first-order valence-electron chi connectivity index (χ1n) is 6.62. The lowest BCUT2D eigenvalue weighted by Crippen LogP contribution is -2.19. The number of aromatic nitrogens is 4. The van der Waals surface area contributed by atoms with Crippen molar-refractivity contribution in [1.82, 2.24) is 19.1 Å².